The molecule has 0 saturated carbocycles. The fourth-order valence-electron chi connectivity index (χ4n) is 6.84. The molecule has 3 heterocycles. The first-order valence-corrected chi connectivity index (χ1v) is 20.2. The molecule has 280 valence electrons. The molecule has 0 N–H and O–H groups in total. The van der Waals surface area contributed by atoms with Crippen molar-refractivity contribution in [1.82, 2.24) is 13.7 Å². The summed E-state index contributed by atoms with van der Waals surface area (Å²) in [6.07, 6.45) is 14.1. The third-order valence-electron chi connectivity index (χ3n) is 8.70. The lowest BCUT2D eigenvalue weighted by atomic mass is 10.1. The Morgan fingerprint density at radius 3 is 1.43 bits per heavy atom. The molecule has 0 atom stereocenters. The van der Waals surface area contributed by atoms with Crippen LogP contribution in [0.25, 0.3) is 79.3 Å². The largest absolute Gasteiger partial charge is 0.344 e. The molecule has 0 unspecified atom stereocenters. The lowest BCUT2D eigenvalue weighted by Crippen LogP contribution is -1.99. The Hall–Kier alpha value is -4.93. The number of rotatable bonds is 6. The maximum absolute atomic E-state index is 4.20. The second kappa shape index (κ2) is 21.6. The molecule has 53 heavy (non-hydrogen) atoms. The van der Waals surface area contributed by atoms with Gasteiger partial charge in [0.25, 0.3) is 0 Å². The smallest absolute Gasteiger partial charge is 0.0543 e. The minimum absolute atomic E-state index is 1.06. The van der Waals surface area contributed by atoms with Gasteiger partial charge >= 0.3 is 0 Å². The van der Waals surface area contributed by atoms with Gasteiger partial charge in [0.05, 0.1) is 22.4 Å². The minimum Gasteiger partial charge on any atom is -0.344 e. The summed E-state index contributed by atoms with van der Waals surface area (Å²) in [6, 6.07) is 29.1. The van der Waals surface area contributed by atoms with Gasteiger partial charge in [-0.1, -0.05) is 123 Å². The predicted molar refractivity (Wildman–Crippen MR) is 249 cm³/mol. The van der Waals surface area contributed by atoms with Crippen LogP contribution in [0.5, 0.6) is 0 Å². The van der Waals surface area contributed by atoms with Crippen LogP contribution in [0.15, 0.2) is 104 Å². The van der Waals surface area contributed by atoms with Crippen LogP contribution < -0.4 is 0 Å². The first-order valence-electron chi connectivity index (χ1n) is 19.3. The highest BCUT2D eigenvalue weighted by atomic mass is 32.1. The Bertz CT molecular complexity index is 2280. The van der Waals surface area contributed by atoms with Crippen molar-refractivity contribution >= 4 is 80.5 Å². The number of allylic oxidation sites excluding steroid dienone is 2. The molecule has 0 saturated heterocycles. The zero-order valence-corrected chi connectivity index (χ0v) is 35.6. The average Bonchev–Trinajstić information content (AvgIpc) is 3.82. The SMILES string of the molecule is C=Cc1c(/C=C\C)c(/C=C\C)c(C=C)n1-c1ccc2c(c1)c1cc(-n3c4ccccc4c4ccc(C)cc43)ccc1n2C.CC.CC.CC.CC.CS. The van der Waals surface area contributed by atoms with Crippen LogP contribution >= 0.6 is 12.6 Å². The van der Waals surface area contributed by atoms with Crippen molar-refractivity contribution < 1.29 is 0 Å². The first kappa shape index (κ1) is 44.2. The molecule has 0 bridgehead atoms. The van der Waals surface area contributed by atoms with E-state index in [2.05, 4.69) is 170 Å². The summed E-state index contributed by atoms with van der Waals surface area (Å²) in [7, 11) is 2.15. The number of benzene rings is 4. The quantitative estimate of drug-likeness (QED) is 0.164. The fraction of sp³-hybridized carbons (Fsp3) is 0.265. The molecule has 0 fully saturated rings. The number of aryl methyl sites for hydroxylation is 2. The van der Waals surface area contributed by atoms with Crippen LogP contribution in [0.1, 0.15) is 97.3 Å². The van der Waals surface area contributed by atoms with Crippen molar-refractivity contribution in [3.05, 3.63) is 132 Å². The van der Waals surface area contributed by atoms with E-state index in [0.29, 0.717) is 0 Å². The van der Waals surface area contributed by atoms with E-state index in [9.17, 15) is 0 Å². The van der Waals surface area contributed by atoms with Gasteiger partial charge in [-0.15, -0.1) is 0 Å². The summed E-state index contributed by atoms with van der Waals surface area (Å²) in [6.45, 7) is 30.7. The van der Waals surface area contributed by atoms with Crippen molar-refractivity contribution in [2.45, 2.75) is 76.2 Å². The summed E-state index contributed by atoms with van der Waals surface area (Å²) >= 11 is 3.53. The summed E-state index contributed by atoms with van der Waals surface area (Å²) in [4.78, 5) is 0. The summed E-state index contributed by atoms with van der Waals surface area (Å²) in [5, 5.41) is 4.99. The van der Waals surface area contributed by atoms with E-state index in [-0.39, 0.29) is 0 Å². The van der Waals surface area contributed by atoms with E-state index >= 15 is 0 Å². The van der Waals surface area contributed by atoms with Gasteiger partial charge < -0.3 is 13.7 Å². The standard InChI is InChI=1S/C40H35N3.4C2H6.CH4S/c1-7-13-29-30(14-8-2)36(10-4)42(35(29)9-3)27-18-21-37-33(24-27)34-25-28(19-22-38(34)41(37)6)43-39-16-12-11-15-31(39)32-20-17-26(5)23-40(32)43;5*1-2/h7-25H,3-4H2,1-2,5-6H3;4*1-2H3;2H,1H3/b13-7-,14-8-;;;;;. The second-order valence-corrected chi connectivity index (χ2v) is 11.2. The van der Waals surface area contributed by atoms with Crippen LogP contribution in [0.4, 0.5) is 0 Å². The van der Waals surface area contributed by atoms with E-state index in [0.717, 1.165) is 33.9 Å². The normalized spacial score (nSPS) is 10.5. The number of para-hydroxylation sites is 1. The molecule has 0 aliphatic heterocycles. The molecular weight excluding hydrogens is 663 g/mol. The Kier molecular flexibility index (Phi) is 18.0. The highest BCUT2D eigenvalue weighted by Crippen LogP contribution is 2.38. The molecule has 7 aromatic rings. The van der Waals surface area contributed by atoms with Gasteiger partial charge in [0.15, 0.2) is 0 Å². The number of fused-ring (bicyclic) bond motifs is 6. The monoisotopic (exact) mass is 725 g/mol. The van der Waals surface area contributed by atoms with E-state index in [1.807, 2.05) is 67.5 Å². The maximum Gasteiger partial charge on any atom is 0.0543 e. The molecule has 4 aromatic carbocycles. The third kappa shape index (κ3) is 8.34. The van der Waals surface area contributed by atoms with Gasteiger partial charge in [-0.3, -0.25) is 0 Å². The zero-order chi connectivity index (χ0) is 39.8. The molecule has 0 spiro atoms. The number of aromatic nitrogens is 3. The average molecular weight is 726 g/mol. The maximum atomic E-state index is 4.20. The third-order valence-corrected chi connectivity index (χ3v) is 8.70. The molecule has 0 amide bonds. The van der Waals surface area contributed by atoms with Gasteiger partial charge in [-0.2, -0.15) is 12.6 Å². The Morgan fingerprint density at radius 1 is 0.509 bits per heavy atom. The molecule has 3 nitrogen and oxygen atoms in total. The molecule has 4 heteroatoms. The highest BCUT2D eigenvalue weighted by molar-refractivity contribution is 7.79. The molecule has 0 aliphatic rings. The number of hydrogen-bond donors (Lipinski definition) is 1. The minimum atomic E-state index is 1.06. The Balaban J connectivity index is 0.000000900. The Morgan fingerprint density at radius 2 is 0.962 bits per heavy atom. The lowest BCUT2D eigenvalue weighted by molar-refractivity contribution is 1.01. The number of nitrogens with zero attached hydrogens (tertiary/aromatic N) is 3. The van der Waals surface area contributed by atoms with Crippen molar-refractivity contribution in [2.75, 3.05) is 6.26 Å². The van der Waals surface area contributed by atoms with Crippen LogP contribution in [-0.2, 0) is 7.05 Å². The first-order chi connectivity index (χ1) is 26.0. The highest BCUT2D eigenvalue weighted by Gasteiger charge is 2.19. The van der Waals surface area contributed by atoms with Gasteiger partial charge in [-0.05, 0) is 93.3 Å². The van der Waals surface area contributed by atoms with Gasteiger partial charge in [0.2, 0.25) is 0 Å². The Labute approximate surface area is 326 Å². The van der Waals surface area contributed by atoms with Crippen LogP contribution in [0.2, 0.25) is 0 Å². The molecule has 3 aromatic heterocycles. The summed E-state index contributed by atoms with van der Waals surface area (Å²) in [5.41, 5.74) is 12.8. The van der Waals surface area contributed by atoms with Crippen molar-refractivity contribution in [3.8, 4) is 11.4 Å². The van der Waals surface area contributed by atoms with Gasteiger partial charge in [0, 0.05) is 62.1 Å². The fourth-order valence-corrected chi connectivity index (χ4v) is 6.84. The summed E-state index contributed by atoms with van der Waals surface area (Å²) in [5.74, 6) is 0. The van der Waals surface area contributed by atoms with E-state index in [1.165, 1.54) is 49.2 Å². The lowest BCUT2D eigenvalue weighted by Gasteiger charge is -2.11. The molecule has 7 rings (SSSR count). The van der Waals surface area contributed by atoms with E-state index in [1.54, 1.807) is 6.26 Å². The van der Waals surface area contributed by atoms with Crippen molar-refractivity contribution in [2.24, 2.45) is 7.05 Å². The molecule has 0 radical (unpaired) electrons. The zero-order valence-electron chi connectivity index (χ0n) is 34.7. The van der Waals surface area contributed by atoms with E-state index < -0.39 is 0 Å². The number of hydrogen-bond acceptors (Lipinski definition) is 1. The van der Waals surface area contributed by atoms with Crippen molar-refractivity contribution in [1.29, 1.82) is 0 Å². The van der Waals surface area contributed by atoms with Crippen LogP contribution in [0, 0.1) is 6.92 Å². The van der Waals surface area contributed by atoms with Crippen LogP contribution in [0.3, 0.4) is 0 Å². The van der Waals surface area contributed by atoms with E-state index in [4.69, 9.17) is 0 Å². The predicted octanol–water partition coefficient (Wildman–Crippen LogP) is 15.5. The van der Waals surface area contributed by atoms with Crippen LogP contribution in [-0.4, -0.2) is 20.0 Å². The van der Waals surface area contributed by atoms with Crippen molar-refractivity contribution in [3.63, 3.8) is 0 Å². The summed E-state index contributed by atoms with van der Waals surface area (Å²) < 4.78 is 6.98. The second-order valence-electron chi connectivity index (χ2n) is 11.2. The number of thiol groups is 1. The van der Waals surface area contributed by atoms with Gasteiger partial charge in [0.1, 0.15) is 0 Å². The van der Waals surface area contributed by atoms with Gasteiger partial charge in [-0.25, -0.2) is 0 Å². The molecular formula is C49H63N3S. The topological polar surface area (TPSA) is 14.8 Å². The molecule has 0 aliphatic carbocycles.